The number of nitrogens with zero attached hydrogens (tertiary/aromatic N) is 1. The predicted molar refractivity (Wildman–Crippen MR) is 219 cm³/mol. The number of likely N-dealkylation sites (tertiary alicyclic amines) is 1. The van der Waals surface area contributed by atoms with Crippen molar-refractivity contribution < 1.29 is 68.1 Å². The van der Waals surface area contributed by atoms with E-state index in [2.05, 4.69) is 26.6 Å². The number of carboxylic acids is 3. The number of carboxylic acid groups (broad SMARTS) is 3. The minimum absolute atomic E-state index is 0.0206. The molecule has 2 rings (SSSR count). The van der Waals surface area contributed by atoms with Gasteiger partial charge in [-0.25, -0.2) is 0 Å². The Kier molecular flexibility index (Phi) is 20.6. The standard InChI is InChI=1S/C41H59N7O14/c1-7-11-26(35(56)40(61)42-19-32(54)55)44-38(59)29-18-25(24-12-9-8-10-13-24)20-48(29)41(62)34(22(4)5)47-39(60)33(21(2)3)46-37(58)28(15-17-31(52)53)45-36(57)27(43-23(6)49)14-16-30(50)51/h8-10,12-13,21-22,25-29,33-34H,7,11,14-20H2,1-6H3,(H,42,61)(H,43,49)(H,44,59)(H,45,57)(H,46,58)(H,47,60)(H,50,51)(H,52,53)(H,54,55). The van der Waals surface area contributed by atoms with Gasteiger partial charge in [-0.15, -0.1) is 0 Å². The first kappa shape index (κ1) is 51.7. The normalized spacial score (nSPS) is 17.1. The molecule has 21 heteroatoms. The van der Waals surface area contributed by atoms with E-state index < -0.39 is 139 Å². The number of hydrogen-bond donors (Lipinski definition) is 9. The Bertz CT molecular complexity index is 1820. The lowest BCUT2D eigenvalue weighted by Gasteiger charge is -2.33. The van der Waals surface area contributed by atoms with Gasteiger partial charge >= 0.3 is 17.9 Å². The van der Waals surface area contributed by atoms with Crippen molar-refractivity contribution in [1.82, 2.24) is 36.8 Å². The number of rotatable bonds is 25. The van der Waals surface area contributed by atoms with Gasteiger partial charge in [-0.2, -0.15) is 0 Å². The van der Waals surface area contributed by atoms with E-state index in [9.17, 15) is 57.8 Å². The van der Waals surface area contributed by atoms with Crippen molar-refractivity contribution in [2.75, 3.05) is 13.1 Å². The second kappa shape index (κ2) is 24.7. The molecular formula is C41H59N7O14. The molecule has 62 heavy (non-hydrogen) atoms. The Labute approximate surface area is 358 Å². The average molecular weight is 874 g/mol. The third-order valence-corrected chi connectivity index (χ3v) is 10.1. The molecule has 0 radical (unpaired) electrons. The summed E-state index contributed by atoms with van der Waals surface area (Å²) in [4.78, 5) is 142. The predicted octanol–water partition coefficient (Wildman–Crippen LogP) is -0.573. The molecule has 0 saturated carbocycles. The molecule has 7 atom stereocenters. The van der Waals surface area contributed by atoms with Gasteiger partial charge in [-0.1, -0.05) is 71.4 Å². The molecule has 1 aliphatic rings. The van der Waals surface area contributed by atoms with Crippen LogP contribution in [-0.2, 0) is 52.7 Å². The first-order chi connectivity index (χ1) is 29.1. The summed E-state index contributed by atoms with van der Waals surface area (Å²) in [7, 11) is 0. The monoisotopic (exact) mass is 873 g/mol. The number of aliphatic carboxylic acids is 3. The fourth-order valence-corrected chi connectivity index (χ4v) is 6.84. The molecule has 0 spiro atoms. The molecule has 1 aromatic carbocycles. The molecule has 1 fully saturated rings. The van der Waals surface area contributed by atoms with Gasteiger partial charge in [0.15, 0.2) is 0 Å². The molecule has 9 N–H and O–H groups in total. The van der Waals surface area contributed by atoms with Gasteiger partial charge < -0.3 is 52.1 Å². The summed E-state index contributed by atoms with van der Waals surface area (Å²) in [5, 5.41) is 41.8. The second-order valence-corrected chi connectivity index (χ2v) is 15.8. The van der Waals surface area contributed by atoms with E-state index in [4.69, 9.17) is 10.2 Å². The number of amides is 7. The Morgan fingerprint density at radius 3 is 1.69 bits per heavy atom. The van der Waals surface area contributed by atoms with Gasteiger partial charge in [0.1, 0.15) is 36.8 Å². The molecule has 7 unspecified atom stereocenters. The highest BCUT2D eigenvalue weighted by molar-refractivity contribution is 6.38. The molecule has 0 bridgehead atoms. The molecule has 342 valence electrons. The minimum Gasteiger partial charge on any atom is -0.481 e. The summed E-state index contributed by atoms with van der Waals surface area (Å²) in [6.45, 7) is 8.47. The number of hydrogen-bond acceptors (Lipinski definition) is 11. The van der Waals surface area contributed by atoms with E-state index in [1.54, 1.807) is 52.8 Å². The highest BCUT2D eigenvalue weighted by Gasteiger charge is 2.45. The zero-order chi connectivity index (χ0) is 46.8. The largest absolute Gasteiger partial charge is 0.481 e. The third-order valence-electron chi connectivity index (χ3n) is 10.1. The molecule has 7 amide bonds. The molecule has 1 aromatic rings. The maximum Gasteiger partial charge on any atom is 0.322 e. The summed E-state index contributed by atoms with van der Waals surface area (Å²) < 4.78 is 0. The molecule has 1 heterocycles. The summed E-state index contributed by atoms with van der Waals surface area (Å²) in [6.07, 6.45) is -1.41. The number of benzene rings is 1. The van der Waals surface area contributed by atoms with Crippen molar-refractivity contribution in [3.8, 4) is 0 Å². The van der Waals surface area contributed by atoms with Crippen molar-refractivity contribution in [3.05, 3.63) is 35.9 Å². The van der Waals surface area contributed by atoms with Crippen LogP contribution in [0.2, 0.25) is 0 Å². The number of Topliss-reactive ketones (excluding diaryl/α,β-unsaturated/α-hetero) is 1. The van der Waals surface area contributed by atoms with Crippen LogP contribution >= 0.6 is 0 Å². The van der Waals surface area contributed by atoms with E-state index in [0.717, 1.165) is 12.5 Å². The molecular weight excluding hydrogens is 814 g/mol. The first-order valence-corrected chi connectivity index (χ1v) is 20.4. The fraction of sp³-hybridized carbons (Fsp3) is 0.585. The highest BCUT2D eigenvalue weighted by atomic mass is 16.4. The van der Waals surface area contributed by atoms with Crippen molar-refractivity contribution in [1.29, 1.82) is 0 Å². The summed E-state index contributed by atoms with van der Waals surface area (Å²) in [5.74, 6) is -12.7. The van der Waals surface area contributed by atoms with Crippen molar-refractivity contribution in [3.63, 3.8) is 0 Å². The third kappa shape index (κ3) is 16.2. The Hall–Kier alpha value is -6.41. The second-order valence-electron chi connectivity index (χ2n) is 15.8. The van der Waals surface area contributed by atoms with Crippen molar-refractivity contribution in [2.45, 2.75) is 129 Å². The van der Waals surface area contributed by atoms with Crippen LogP contribution in [-0.4, -0.2) is 135 Å². The summed E-state index contributed by atoms with van der Waals surface area (Å²) >= 11 is 0. The Morgan fingerprint density at radius 2 is 1.19 bits per heavy atom. The molecule has 0 aromatic heterocycles. The van der Waals surface area contributed by atoms with E-state index in [1.165, 1.54) is 4.90 Å². The van der Waals surface area contributed by atoms with Crippen LogP contribution in [0.1, 0.15) is 98.0 Å². The van der Waals surface area contributed by atoms with Gasteiger partial charge in [0, 0.05) is 32.2 Å². The highest BCUT2D eigenvalue weighted by Crippen LogP contribution is 2.33. The van der Waals surface area contributed by atoms with Gasteiger partial charge in [0.25, 0.3) is 5.91 Å². The minimum atomic E-state index is -1.55. The van der Waals surface area contributed by atoms with E-state index >= 15 is 0 Å². The lowest BCUT2D eigenvalue weighted by atomic mass is 9.96. The lowest BCUT2D eigenvalue weighted by Crippen LogP contribution is -2.61. The van der Waals surface area contributed by atoms with Crippen LogP contribution in [0.25, 0.3) is 0 Å². The molecule has 1 aliphatic heterocycles. The molecule has 21 nitrogen and oxygen atoms in total. The Morgan fingerprint density at radius 1 is 0.661 bits per heavy atom. The van der Waals surface area contributed by atoms with E-state index in [-0.39, 0.29) is 31.7 Å². The number of carbonyl (C=O) groups is 11. The van der Waals surface area contributed by atoms with Crippen molar-refractivity contribution in [2.24, 2.45) is 11.8 Å². The van der Waals surface area contributed by atoms with Gasteiger partial charge in [-0.05, 0) is 43.1 Å². The van der Waals surface area contributed by atoms with Crippen LogP contribution in [0.15, 0.2) is 30.3 Å². The quantitative estimate of drug-likeness (QED) is 0.0556. The average Bonchev–Trinajstić information content (AvgIpc) is 3.66. The Balaban J connectivity index is 2.41. The van der Waals surface area contributed by atoms with E-state index in [1.807, 2.05) is 17.4 Å². The van der Waals surface area contributed by atoms with Crippen LogP contribution in [0, 0.1) is 11.8 Å². The summed E-state index contributed by atoms with van der Waals surface area (Å²) in [6, 6.07) is 0.916. The topological polar surface area (TPSA) is 324 Å². The van der Waals surface area contributed by atoms with Crippen LogP contribution < -0.4 is 31.9 Å². The zero-order valence-electron chi connectivity index (χ0n) is 35.7. The number of nitrogens with one attached hydrogen (secondary N) is 6. The van der Waals surface area contributed by atoms with E-state index in [0.29, 0.717) is 6.42 Å². The van der Waals surface area contributed by atoms with Gasteiger partial charge in [-0.3, -0.25) is 52.7 Å². The van der Waals surface area contributed by atoms with Crippen LogP contribution in [0.5, 0.6) is 0 Å². The van der Waals surface area contributed by atoms with Gasteiger partial charge in [0.05, 0.1) is 6.04 Å². The SMILES string of the molecule is CCCC(NC(=O)C1CC(c2ccccc2)CN1C(=O)C(NC(=O)C(NC(=O)C(CCC(=O)O)NC(=O)C(CCC(=O)O)NC(C)=O)C(C)C)C(C)C)C(=O)C(=O)NCC(=O)O. The zero-order valence-corrected chi connectivity index (χ0v) is 35.7. The van der Waals surface area contributed by atoms with Gasteiger partial charge in [0.2, 0.25) is 41.2 Å². The molecule has 1 saturated heterocycles. The van der Waals surface area contributed by atoms with Crippen LogP contribution in [0.3, 0.4) is 0 Å². The molecule has 0 aliphatic carbocycles. The van der Waals surface area contributed by atoms with Crippen LogP contribution in [0.4, 0.5) is 0 Å². The number of ketones is 1. The smallest absolute Gasteiger partial charge is 0.322 e. The maximum absolute atomic E-state index is 14.5. The maximum atomic E-state index is 14.5. The van der Waals surface area contributed by atoms with Crippen molar-refractivity contribution >= 4 is 65.0 Å². The number of carbonyl (C=O) groups excluding carboxylic acids is 8. The lowest BCUT2D eigenvalue weighted by molar-refractivity contribution is -0.145. The summed E-state index contributed by atoms with van der Waals surface area (Å²) in [5.41, 5.74) is 0.803. The first-order valence-electron chi connectivity index (χ1n) is 20.4. The fourth-order valence-electron chi connectivity index (χ4n) is 6.84.